The molecule has 1 aromatic carbocycles. The van der Waals surface area contributed by atoms with Crippen LogP contribution in [0.3, 0.4) is 0 Å². The quantitative estimate of drug-likeness (QED) is 0.848. The maximum absolute atomic E-state index is 12.8. The number of aliphatic hydroxyl groups is 1. The highest BCUT2D eigenvalue weighted by Crippen LogP contribution is 2.28. The Hall–Kier alpha value is -2.40. The van der Waals surface area contributed by atoms with Crippen molar-refractivity contribution in [2.24, 2.45) is 0 Å². The van der Waals surface area contributed by atoms with Gasteiger partial charge in [-0.05, 0) is 67.0 Å². The van der Waals surface area contributed by atoms with Gasteiger partial charge in [0.05, 0.1) is 0 Å². The van der Waals surface area contributed by atoms with Crippen LogP contribution in [0.25, 0.3) is 0 Å². The Morgan fingerprint density at radius 2 is 1.96 bits per heavy atom. The van der Waals surface area contributed by atoms with Crippen LogP contribution >= 0.6 is 0 Å². The molecule has 0 aliphatic heterocycles. The van der Waals surface area contributed by atoms with Gasteiger partial charge in [0.15, 0.2) is 0 Å². The van der Waals surface area contributed by atoms with Crippen LogP contribution in [-0.2, 0) is 19.4 Å². The predicted molar refractivity (Wildman–Crippen MR) is 98.5 cm³/mol. The Kier molecular flexibility index (Phi) is 6.01. The fourth-order valence-electron chi connectivity index (χ4n) is 3.32. The Morgan fingerprint density at radius 1 is 1.16 bits per heavy atom. The number of amides is 2. The van der Waals surface area contributed by atoms with Crippen molar-refractivity contribution in [3.8, 4) is 0 Å². The van der Waals surface area contributed by atoms with E-state index in [1.54, 1.807) is 17.3 Å². The van der Waals surface area contributed by atoms with Gasteiger partial charge in [-0.3, -0.25) is 4.98 Å². The Balaban J connectivity index is 1.74. The van der Waals surface area contributed by atoms with Gasteiger partial charge in [0.2, 0.25) is 0 Å². The van der Waals surface area contributed by atoms with E-state index in [0.29, 0.717) is 19.5 Å². The summed E-state index contributed by atoms with van der Waals surface area (Å²) in [5.41, 5.74) is 4.57. The lowest BCUT2D eigenvalue weighted by Gasteiger charge is -2.25. The van der Waals surface area contributed by atoms with E-state index in [1.807, 2.05) is 24.3 Å². The first-order valence-electron chi connectivity index (χ1n) is 8.94. The van der Waals surface area contributed by atoms with Crippen LogP contribution in [0, 0.1) is 0 Å². The third kappa shape index (κ3) is 4.57. The van der Waals surface area contributed by atoms with Crippen LogP contribution in [0.2, 0.25) is 0 Å². The van der Waals surface area contributed by atoms with Gasteiger partial charge >= 0.3 is 6.03 Å². The molecule has 25 heavy (non-hydrogen) atoms. The molecule has 0 atom stereocenters. The van der Waals surface area contributed by atoms with Crippen LogP contribution in [0.5, 0.6) is 0 Å². The number of nitrogens with zero attached hydrogens (tertiary/aromatic N) is 2. The SMILES string of the molecule is O=C(Nc1cccc2c1CCCC2)N(CCCO)Cc1ccncc1. The molecule has 3 rings (SSSR count). The van der Waals surface area contributed by atoms with Gasteiger partial charge in [-0.1, -0.05) is 12.1 Å². The number of hydrogen-bond acceptors (Lipinski definition) is 3. The molecule has 2 aromatic rings. The second-order valence-corrected chi connectivity index (χ2v) is 6.43. The predicted octanol–water partition coefficient (Wildman–Crippen LogP) is 3.38. The van der Waals surface area contributed by atoms with E-state index in [2.05, 4.69) is 16.4 Å². The van der Waals surface area contributed by atoms with Crippen LogP contribution in [0.15, 0.2) is 42.7 Å². The summed E-state index contributed by atoms with van der Waals surface area (Å²) in [5.74, 6) is 0. The minimum absolute atomic E-state index is 0.0703. The van der Waals surface area contributed by atoms with Crippen LogP contribution in [0.4, 0.5) is 10.5 Å². The topological polar surface area (TPSA) is 65.5 Å². The Labute approximate surface area is 148 Å². The molecule has 0 saturated heterocycles. The van der Waals surface area contributed by atoms with Crippen molar-refractivity contribution in [2.75, 3.05) is 18.5 Å². The van der Waals surface area contributed by atoms with Crippen molar-refractivity contribution < 1.29 is 9.90 Å². The second kappa shape index (κ2) is 8.62. The summed E-state index contributed by atoms with van der Waals surface area (Å²) in [4.78, 5) is 18.6. The standard InChI is InChI=1S/C20H25N3O2/c24-14-4-13-23(15-16-9-11-21-12-10-16)20(25)22-19-8-3-6-17-5-1-2-7-18(17)19/h3,6,8-12,24H,1-2,4-5,7,13-15H2,(H,22,25). The number of carbonyl (C=O) groups is 1. The highest BCUT2D eigenvalue weighted by Gasteiger charge is 2.18. The lowest BCUT2D eigenvalue weighted by molar-refractivity contribution is 0.199. The summed E-state index contributed by atoms with van der Waals surface area (Å²) in [6.45, 7) is 1.09. The third-order valence-corrected chi connectivity index (χ3v) is 4.63. The maximum atomic E-state index is 12.8. The molecule has 1 aliphatic carbocycles. The minimum atomic E-state index is -0.121. The van der Waals surface area contributed by atoms with Crippen molar-refractivity contribution in [3.05, 3.63) is 59.4 Å². The highest BCUT2D eigenvalue weighted by atomic mass is 16.3. The maximum Gasteiger partial charge on any atom is 0.322 e. The van der Waals surface area contributed by atoms with Crippen molar-refractivity contribution >= 4 is 11.7 Å². The summed E-state index contributed by atoms with van der Waals surface area (Å²) in [6, 6.07) is 9.85. The normalized spacial score (nSPS) is 13.2. The number of aryl methyl sites for hydroxylation is 1. The zero-order valence-electron chi connectivity index (χ0n) is 14.4. The van der Waals surface area contributed by atoms with Gasteiger partial charge in [0, 0.05) is 37.8 Å². The number of nitrogens with one attached hydrogen (secondary N) is 1. The first kappa shape index (κ1) is 17.4. The number of pyridine rings is 1. The van der Waals surface area contributed by atoms with Gasteiger partial charge in [0.25, 0.3) is 0 Å². The fourth-order valence-corrected chi connectivity index (χ4v) is 3.32. The summed E-state index contributed by atoms with van der Waals surface area (Å²) in [5, 5.41) is 12.2. The highest BCUT2D eigenvalue weighted by molar-refractivity contribution is 5.90. The molecular weight excluding hydrogens is 314 g/mol. The van der Waals surface area contributed by atoms with E-state index < -0.39 is 0 Å². The first-order chi connectivity index (χ1) is 12.3. The number of aliphatic hydroxyl groups excluding tert-OH is 1. The molecule has 2 N–H and O–H groups in total. The van der Waals surface area contributed by atoms with Crippen molar-refractivity contribution in [3.63, 3.8) is 0 Å². The molecule has 2 amide bonds. The monoisotopic (exact) mass is 339 g/mol. The number of rotatable bonds is 6. The van der Waals surface area contributed by atoms with Gasteiger partial charge in [-0.15, -0.1) is 0 Å². The van der Waals surface area contributed by atoms with Crippen LogP contribution in [0.1, 0.15) is 36.0 Å². The average Bonchev–Trinajstić information content (AvgIpc) is 2.66. The average molecular weight is 339 g/mol. The summed E-state index contributed by atoms with van der Waals surface area (Å²) < 4.78 is 0. The molecule has 0 radical (unpaired) electrons. The van der Waals surface area contributed by atoms with Gasteiger partial charge in [0.1, 0.15) is 0 Å². The van der Waals surface area contributed by atoms with E-state index in [-0.39, 0.29) is 12.6 Å². The lowest BCUT2D eigenvalue weighted by atomic mass is 9.90. The van der Waals surface area contributed by atoms with E-state index in [0.717, 1.165) is 24.1 Å². The molecule has 1 aromatic heterocycles. The number of urea groups is 1. The number of carbonyl (C=O) groups excluding carboxylic acids is 1. The number of benzene rings is 1. The van der Waals surface area contributed by atoms with Gasteiger partial charge < -0.3 is 15.3 Å². The Bertz CT molecular complexity index is 703. The molecule has 0 fully saturated rings. The number of anilines is 1. The van der Waals surface area contributed by atoms with E-state index in [4.69, 9.17) is 5.11 Å². The van der Waals surface area contributed by atoms with Crippen molar-refractivity contribution in [1.29, 1.82) is 0 Å². The van der Waals surface area contributed by atoms with Crippen LogP contribution < -0.4 is 5.32 Å². The third-order valence-electron chi connectivity index (χ3n) is 4.63. The molecule has 5 heteroatoms. The smallest absolute Gasteiger partial charge is 0.322 e. The number of aromatic nitrogens is 1. The van der Waals surface area contributed by atoms with Gasteiger partial charge in [-0.2, -0.15) is 0 Å². The second-order valence-electron chi connectivity index (χ2n) is 6.43. The van der Waals surface area contributed by atoms with E-state index in [1.165, 1.54) is 24.0 Å². The Morgan fingerprint density at radius 3 is 2.76 bits per heavy atom. The van der Waals surface area contributed by atoms with Gasteiger partial charge in [-0.25, -0.2) is 4.79 Å². The van der Waals surface area contributed by atoms with Crippen molar-refractivity contribution in [2.45, 2.75) is 38.6 Å². The molecular formula is C20H25N3O2. The molecule has 132 valence electrons. The number of hydrogen-bond donors (Lipinski definition) is 2. The zero-order chi connectivity index (χ0) is 17.5. The molecule has 5 nitrogen and oxygen atoms in total. The minimum Gasteiger partial charge on any atom is -0.396 e. The van der Waals surface area contributed by atoms with E-state index >= 15 is 0 Å². The van der Waals surface area contributed by atoms with E-state index in [9.17, 15) is 4.79 Å². The fraction of sp³-hybridized carbons (Fsp3) is 0.400. The molecule has 1 heterocycles. The number of fused-ring (bicyclic) bond motifs is 1. The molecule has 0 bridgehead atoms. The molecule has 0 unspecified atom stereocenters. The molecule has 0 saturated carbocycles. The molecule has 1 aliphatic rings. The first-order valence-corrected chi connectivity index (χ1v) is 8.94. The summed E-state index contributed by atoms with van der Waals surface area (Å²) in [6.07, 6.45) is 8.51. The largest absolute Gasteiger partial charge is 0.396 e. The summed E-state index contributed by atoms with van der Waals surface area (Å²) >= 11 is 0. The lowest BCUT2D eigenvalue weighted by Crippen LogP contribution is -2.36. The van der Waals surface area contributed by atoms with Crippen molar-refractivity contribution in [1.82, 2.24) is 9.88 Å². The van der Waals surface area contributed by atoms with Crippen LogP contribution in [-0.4, -0.2) is 34.2 Å². The molecule has 0 spiro atoms. The zero-order valence-corrected chi connectivity index (χ0v) is 14.4. The summed E-state index contributed by atoms with van der Waals surface area (Å²) in [7, 11) is 0.